The molecule has 0 radical (unpaired) electrons. The molecule has 0 aliphatic carbocycles. The van der Waals surface area contributed by atoms with Crippen LogP contribution in [0, 0.1) is 0 Å². The molecule has 2 aromatic rings. The van der Waals surface area contributed by atoms with Crippen LogP contribution in [0.1, 0.15) is 19.8 Å². The summed E-state index contributed by atoms with van der Waals surface area (Å²) in [5, 5.41) is 2.49. The number of hydrogen-bond donors (Lipinski definition) is 0. The molecule has 0 fully saturated rings. The summed E-state index contributed by atoms with van der Waals surface area (Å²) in [4.78, 5) is 17.8. The highest BCUT2D eigenvalue weighted by atomic mass is 79.9. The Balaban J connectivity index is 2.38. The van der Waals surface area contributed by atoms with E-state index in [2.05, 4.69) is 28.1 Å². The molecule has 1 aliphatic rings. The van der Waals surface area contributed by atoms with Gasteiger partial charge in [0.25, 0.3) is 5.56 Å². The number of rotatable bonds is 3. The monoisotopic (exact) mass is 436 g/mol. The van der Waals surface area contributed by atoms with E-state index in [9.17, 15) is 4.79 Å². The first kappa shape index (κ1) is 18.5. The Morgan fingerprint density at radius 1 is 1.24 bits per heavy atom. The first-order valence-corrected chi connectivity index (χ1v) is 10.5. The van der Waals surface area contributed by atoms with Gasteiger partial charge in [-0.1, -0.05) is 45.7 Å². The van der Waals surface area contributed by atoms with Crippen molar-refractivity contribution in [3.8, 4) is 11.1 Å². The summed E-state index contributed by atoms with van der Waals surface area (Å²) in [5.41, 5.74) is 2.02. The number of halogens is 2. The molecule has 130 valence electrons. The van der Waals surface area contributed by atoms with Crippen molar-refractivity contribution in [3.05, 3.63) is 65.9 Å². The maximum absolute atomic E-state index is 13.1. The minimum atomic E-state index is -0.0661. The van der Waals surface area contributed by atoms with Crippen LogP contribution in [0.2, 0.25) is 5.02 Å². The van der Waals surface area contributed by atoms with Crippen molar-refractivity contribution in [1.82, 2.24) is 4.57 Å². The molecule has 0 saturated heterocycles. The van der Waals surface area contributed by atoms with Crippen molar-refractivity contribution in [2.45, 2.75) is 26.3 Å². The average molecular weight is 438 g/mol. The third kappa shape index (κ3) is 3.78. The van der Waals surface area contributed by atoms with Gasteiger partial charge in [0.15, 0.2) is 0 Å². The summed E-state index contributed by atoms with van der Waals surface area (Å²) in [6.07, 6.45) is 8.13. The minimum Gasteiger partial charge on any atom is -0.292 e. The van der Waals surface area contributed by atoms with Crippen LogP contribution in [0.3, 0.4) is 0 Å². The molecule has 2 heterocycles. The highest BCUT2D eigenvalue weighted by Crippen LogP contribution is 2.28. The van der Waals surface area contributed by atoms with Gasteiger partial charge in [0.05, 0.1) is 5.03 Å². The molecule has 1 aromatic heterocycles. The van der Waals surface area contributed by atoms with Gasteiger partial charge >= 0.3 is 0 Å². The van der Waals surface area contributed by atoms with Crippen molar-refractivity contribution in [2.24, 2.45) is 4.99 Å². The normalized spacial score (nSPS) is 13.8. The molecule has 0 amide bonds. The summed E-state index contributed by atoms with van der Waals surface area (Å²) in [7, 11) is 0. The first-order valence-electron chi connectivity index (χ1n) is 8.07. The van der Waals surface area contributed by atoms with Gasteiger partial charge in [0.1, 0.15) is 5.49 Å². The molecule has 0 spiro atoms. The van der Waals surface area contributed by atoms with Gasteiger partial charge in [-0.25, -0.2) is 4.99 Å². The topological polar surface area (TPSA) is 34.4 Å². The van der Waals surface area contributed by atoms with Gasteiger partial charge in [0, 0.05) is 32.4 Å². The zero-order valence-electron chi connectivity index (χ0n) is 14.1. The van der Waals surface area contributed by atoms with Gasteiger partial charge in [-0.2, -0.15) is 0 Å². The fraction of sp³-hybridized carbons (Fsp3) is 0.263. The van der Waals surface area contributed by atoms with Crippen LogP contribution in [0.4, 0.5) is 0 Å². The highest BCUT2D eigenvalue weighted by Gasteiger charge is 2.13. The molecule has 3 rings (SSSR count). The van der Waals surface area contributed by atoms with E-state index in [0.717, 1.165) is 38.6 Å². The molecular formula is C19H18BrClN2OS. The number of allylic oxidation sites excluding steroid dienone is 1. The number of aromatic nitrogens is 1. The van der Waals surface area contributed by atoms with E-state index < -0.39 is 0 Å². The van der Waals surface area contributed by atoms with Crippen LogP contribution in [0.15, 0.2) is 49.6 Å². The Morgan fingerprint density at radius 2 is 2.00 bits per heavy atom. The lowest BCUT2D eigenvalue weighted by molar-refractivity contribution is 0.680. The third-order valence-corrected chi connectivity index (χ3v) is 5.58. The summed E-state index contributed by atoms with van der Waals surface area (Å²) in [6, 6.07) is 7.51. The predicted molar refractivity (Wildman–Crippen MR) is 111 cm³/mol. The van der Waals surface area contributed by atoms with Gasteiger partial charge in [-0.3, -0.25) is 9.36 Å². The molecule has 0 N–H and O–H groups in total. The van der Waals surface area contributed by atoms with Crippen molar-refractivity contribution in [2.75, 3.05) is 6.26 Å². The largest absolute Gasteiger partial charge is 0.292 e. The third-order valence-electron chi connectivity index (χ3n) is 4.10. The van der Waals surface area contributed by atoms with Gasteiger partial charge in [0.2, 0.25) is 0 Å². The van der Waals surface area contributed by atoms with Crippen molar-refractivity contribution >= 4 is 45.4 Å². The minimum absolute atomic E-state index is 0.0661. The Labute approximate surface area is 164 Å². The summed E-state index contributed by atoms with van der Waals surface area (Å²) in [6.45, 7) is 2.52. The molecule has 0 atom stereocenters. The van der Waals surface area contributed by atoms with Crippen LogP contribution in [0.25, 0.3) is 17.2 Å². The summed E-state index contributed by atoms with van der Waals surface area (Å²) in [5.74, 6) is 0. The number of hydrogen-bond acceptors (Lipinski definition) is 3. The van der Waals surface area contributed by atoms with Crippen LogP contribution in [-0.4, -0.2) is 10.8 Å². The zero-order chi connectivity index (χ0) is 18.0. The van der Waals surface area contributed by atoms with Crippen LogP contribution in [-0.2, 0) is 6.54 Å². The molecule has 0 bridgehead atoms. The lowest BCUT2D eigenvalue weighted by Gasteiger charge is -2.11. The smallest absolute Gasteiger partial charge is 0.260 e. The van der Waals surface area contributed by atoms with Crippen molar-refractivity contribution in [1.29, 1.82) is 0 Å². The number of pyridine rings is 1. The SMILES string of the molecule is CCn1c(=O)c(-c2ccc(Br)cc2Cl)cc2c1=NC(SC)=CCCC=2. The standard InChI is InChI=1S/C19H18BrClN2OS/c1-3-23-18-12(6-4-5-7-17(22-18)25-2)10-15(19(23)24)14-9-8-13(20)11-16(14)21/h6-11H,3-5H2,1-2H3. The summed E-state index contributed by atoms with van der Waals surface area (Å²) < 4.78 is 2.62. The average Bonchev–Trinajstić information content (AvgIpc) is 2.57. The number of fused-ring (bicyclic) bond motifs is 1. The van der Waals surface area contributed by atoms with E-state index in [-0.39, 0.29) is 5.56 Å². The highest BCUT2D eigenvalue weighted by molar-refractivity contribution is 9.10. The maximum atomic E-state index is 13.1. The van der Waals surface area contributed by atoms with Gasteiger partial charge in [-0.15, -0.1) is 11.8 Å². The second-order valence-electron chi connectivity index (χ2n) is 5.65. The number of nitrogens with zero attached hydrogens (tertiary/aromatic N) is 2. The molecule has 1 aromatic carbocycles. The van der Waals surface area contributed by atoms with Crippen LogP contribution >= 0.6 is 39.3 Å². The van der Waals surface area contributed by atoms with Crippen LogP contribution < -0.4 is 16.3 Å². The van der Waals surface area contributed by atoms with E-state index >= 15 is 0 Å². The maximum Gasteiger partial charge on any atom is 0.260 e. The second kappa shape index (κ2) is 7.94. The molecule has 25 heavy (non-hydrogen) atoms. The van der Waals surface area contributed by atoms with Crippen molar-refractivity contribution in [3.63, 3.8) is 0 Å². The van der Waals surface area contributed by atoms with E-state index in [1.54, 1.807) is 16.3 Å². The second-order valence-corrected chi connectivity index (χ2v) is 7.80. The Kier molecular flexibility index (Phi) is 5.87. The Bertz CT molecular complexity index is 1030. The Hall–Kier alpha value is -1.30. The van der Waals surface area contributed by atoms with Crippen LogP contribution in [0.5, 0.6) is 0 Å². The number of benzene rings is 1. The quantitative estimate of drug-likeness (QED) is 0.715. The van der Waals surface area contributed by atoms with E-state index in [1.807, 2.05) is 37.4 Å². The fourth-order valence-corrected chi connectivity index (χ4v) is 4.11. The van der Waals surface area contributed by atoms with Gasteiger partial charge < -0.3 is 0 Å². The van der Waals surface area contributed by atoms with Crippen molar-refractivity contribution < 1.29 is 0 Å². The fourth-order valence-electron chi connectivity index (χ4n) is 2.87. The molecular weight excluding hydrogens is 420 g/mol. The zero-order valence-corrected chi connectivity index (χ0v) is 17.2. The van der Waals surface area contributed by atoms with E-state index in [4.69, 9.17) is 16.6 Å². The molecule has 3 nitrogen and oxygen atoms in total. The lowest BCUT2D eigenvalue weighted by Crippen LogP contribution is -2.44. The number of thioether (sulfide) groups is 1. The molecule has 6 heteroatoms. The van der Waals surface area contributed by atoms with Gasteiger partial charge in [-0.05, 0) is 44.2 Å². The lowest BCUT2D eigenvalue weighted by atomic mass is 10.1. The molecule has 0 saturated carbocycles. The molecule has 0 unspecified atom stereocenters. The van der Waals surface area contributed by atoms with E-state index in [0.29, 0.717) is 17.1 Å². The molecule has 1 aliphatic heterocycles. The summed E-state index contributed by atoms with van der Waals surface area (Å²) >= 11 is 11.4. The Morgan fingerprint density at radius 3 is 2.68 bits per heavy atom. The predicted octanol–water partition coefficient (Wildman–Crippen LogP) is 4.35. The first-order chi connectivity index (χ1) is 12.0. The van der Waals surface area contributed by atoms with E-state index in [1.165, 1.54) is 0 Å².